The Labute approximate surface area is 103 Å². The van der Waals surface area contributed by atoms with E-state index < -0.39 is 17.7 Å². The zero-order valence-corrected chi connectivity index (χ0v) is 9.95. The van der Waals surface area contributed by atoms with Crippen molar-refractivity contribution in [3.8, 4) is 0 Å². The number of ketones is 1. The standard InChI is InChI=1S/C12H12FNO4/c1-7(15)5-11(16)14-10-6-8(12(17)18-2)3-4-9(10)13/h3-4,6H,5H2,1-2H3,(H,14,16). The maximum Gasteiger partial charge on any atom is 0.337 e. The number of benzene rings is 1. The SMILES string of the molecule is COC(=O)c1ccc(F)c(NC(=O)CC(C)=O)c1. The predicted octanol–water partition coefficient (Wildman–Crippen LogP) is 1.53. The van der Waals surface area contributed by atoms with Gasteiger partial charge in [0.25, 0.3) is 0 Å². The summed E-state index contributed by atoms with van der Waals surface area (Å²) in [5.41, 5.74) is -0.0545. The monoisotopic (exact) mass is 253 g/mol. The molecule has 0 radical (unpaired) electrons. The van der Waals surface area contributed by atoms with E-state index in [9.17, 15) is 18.8 Å². The second-order valence-electron chi connectivity index (χ2n) is 3.61. The van der Waals surface area contributed by atoms with Gasteiger partial charge in [-0.3, -0.25) is 9.59 Å². The molecule has 1 rings (SSSR count). The molecule has 5 nitrogen and oxygen atoms in total. The third-order valence-corrected chi connectivity index (χ3v) is 2.07. The van der Waals surface area contributed by atoms with Crippen molar-refractivity contribution in [1.82, 2.24) is 0 Å². The number of rotatable bonds is 4. The summed E-state index contributed by atoms with van der Waals surface area (Å²) in [6.45, 7) is 1.25. The smallest absolute Gasteiger partial charge is 0.337 e. The first kappa shape index (κ1) is 13.8. The van der Waals surface area contributed by atoms with Crippen LogP contribution in [-0.4, -0.2) is 24.8 Å². The molecule has 18 heavy (non-hydrogen) atoms. The molecule has 96 valence electrons. The summed E-state index contributed by atoms with van der Waals surface area (Å²) in [4.78, 5) is 33.3. The fraction of sp³-hybridized carbons (Fsp3) is 0.250. The molecule has 1 aromatic rings. The molecule has 0 aromatic heterocycles. The molecule has 1 aromatic carbocycles. The Balaban J connectivity index is 2.91. The summed E-state index contributed by atoms with van der Waals surface area (Å²) in [5, 5.41) is 2.22. The molecule has 1 amide bonds. The van der Waals surface area contributed by atoms with Crippen LogP contribution in [0.1, 0.15) is 23.7 Å². The maximum absolute atomic E-state index is 13.4. The van der Waals surface area contributed by atoms with E-state index in [0.717, 1.165) is 12.1 Å². The van der Waals surface area contributed by atoms with Crippen molar-refractivity contribution in [3.63, 3.8) is 0 Å². The van der Waals surface area contributed by atoms with Gasteiger partial charge in [0.1, 0.15) is 11.6 Å². The second-order valence-corrected chi connectivity index (χ2v) is 3.61. The average molecular weight is 253 g/mol. The third-order valence-electron chi connectivity index (χ3n) is 2.07. The van der Waals surface area contributed by atoms with Crippen molar-refractivity contribution >= 4 is 23.3 Å². The number of carbonyl (C=O) groups excluding carboxylic acids is 3. The highest BCUT2D eigenvalue weighted by molar-refractivity contribution is 6.04. The molecule has 0 spiro atoms. The summed E-state index contributed by atoms with van der Waals surface area (Å²) in [6.07, 6.45) is -0.345. The molecule has 0 heterocycles. The summed E-state index contributed by atoms with van der Waals surface area (Å²) >= 11 is 0. The number of amides is 1. The summed E-state index contributed by atoms with van der Waals surface area (Å²) in [7, 11) is 1.19. The van der Waals surface area contributed by atoms with Crippen LogP contribution in [0.15, 0.2) is 18.2 Å². The van der Waals surface area contributed by atoms with E-state index in [2.05, 4.69) is 10.1 Å². The maximum atomic E-state index is 13.4. The minimum absolute atomic E-state index is 0.108. The van der Waals surface area contributed by atoms with Crippen molar-refractivity contribution in [2.24, 2.45) is 0 Å². The van der Waals surface area contributed by atoms with Gasteiger partial charge >= 0.3 is 5.97 Å². The summed E-state index contributed by atoms with van der Waals surface area (Å²) in [6, 6.07) is 3.43. The number of hydrogen-bond donors (Lipinski definition) is 1. The normalized spacial score (nSPS) is 9.72. The lowest BCUT2D eigenvalue weighted by Crippen LogP contribution is -2.16. The topological polar surface area (TPSA) is 72.5 Å². The number of ether oxygens (including phenoxy) is 1. The van der Waals surface area contributed by atoms with Crippen molar-refractivity contribution in [2.75, 3.05) is 12.4 Å². The van der Waals surface area contributed by atoms with E-state index in [1.54, 1.807) is 0 Å². The molecule has 0 unspecified atom stereocenters. The zero-order chi connectivity index (χ0) is 13.7. The molecule has 6 heteroatoms. The molecule has 0 fully saturated rings. The Morgan fingerprint density at radius 1 is 1.33 bits per heavy atom. The first-order chi connectivity index (χ1) is 8.43. The van der Waals surface area contributed by atoms with Gasteiger partial charge in [0, 0.05) is 0 Å². The third kappa shape index (κ3) is 3.65. The molecule has 0 saturated heterocycles. The van der Waals surface area contributed by atoms with E-state index in [0.29, 0.717) is 0 Å². The molecular formula is C12H12FNO4. The van der Waals surface area contributed by atoms with Crippen LogP contribution in [0.5, 0.6) is 0 Å². The quantitative estimate of drug-likeness (QED) is 0.652. The van der Waals surface area contributed by atoms with Crippen LogP contribution in [-0.2, 0) is 14.3 Å². The van der Waals surface area contributed by atoms with Gasteiger partial charge in [-0.15, -0.1) is 0 Å². The molecular weight excluding hydrogens is 241 g/mol. The molecule has 0 saturated carbocycles. The highest BCUT2D eigenvalue weighted by atomic mass is 19.1. The van der Waals surface area contributed by atoms with E-state index in [4.69, 9.17) is 0 Å². The summed E-state index contributed by atoms with van der Waals surface area (Å²) < 4.78 is 17.9. The van der Waals surface area contributed by atoms with Gasteiger partial charge in [0.2, 0.25) is 5.91 Å². The van der Waals surface area contributed by atoms with Gasteiger partial charge in [-0.05, 0) is 25.1 Å². The number of esters is 1. The Hall–Kier alpha value is -2.24. The first-order valence-corrected chi connectivity index (χ1v) is 5.11. The molecule has 0 aliphatic heterocycles. The summed E-state index contributed by atoms with van der Waals surface area (Å²) in [5.74, 6) is -2.31. The van der Waals surface area contributed by atoms with Crippen LogP contribution < -0.4 is 5.32 Å². The van der Waals surface area contributed by atoms with E-state index in [1.165, 1.54) is 20.1 Å². The minimum Gasteiger partial charge on any atom is -0.465 e. The number of anilines is 1. The number of carbonyl (C=O) groups is 3. The highest BCUT2D eigenvalue weighted by Gasteiger charge is 2.12. The van der Waals surface area contributed by atoms with E-state index in [1.807, 2.05) is 0 Å². The molecule has 0 bridgehead atoms. The van der Waals surface area contributed by atoms with E-state index in [-0.39, 0.29) is 23.5 Å². The van der Waals surface area contributed by atoms with Crippen molar-refractivity contribution in [2.45, 2.75) is 13.3 Å². The van der Waals surface area contributed by atoms with Crippen LogP contribution >= 0.6 is 0 Å². The molecule has 0 aliphatic carbocycles. The Morgan fingerprint density at radius 2 is 2.00 bits per heavy atom. The van der Waals surface area contributed by atoms with Crippen molar-refractivity contribution in [1.29, 1.82) is 0 Å². The van der Waals surface area contributed by atoms with Crippen LogP contribution in [0.2, 0.25) is 0 Å². The number of Topliss-reactive ketones (excluding diaryl/α,β-unsaturated/α-hetero) is 1. The Morgan fingerprint density at radius 3 is 2.56 bits per heavy atom. The second kappa shape index (κ2) is 5.90. The predicted molar refractivity (Wildman–Crippen MR) is 61.7 cm³/mol. The lowest BCUT2D eigenvalue weighted by molar-refractivity contribution is -0.124. The number of nitrogens with one attached hydrogen (secondary N) is 1. The van der Waals surface area contributed by atoms with Crippen molar-refractivity contribution < 1.29 is 23.5 Å². The fourth-order valence-electron chi connectivity index (χ4n) is 1.29. The zero-order valence-electron chi connectivity index (χ0n) is 9.95. The van der Waals surface area contributed by atoms with Gasteiger partial charge in [-0.2, -0.15) is 0 Å². The van der Waals surface area contributed by atoms with Gasteiger partial charge < -0.3 is 10.1 Å². The first-order valence-electron chi connectivity index (χ1n) is 5.11. The number of methoxy groups -OCH3 is 1. The van der Waals surface area contributed by atoms with Gasteiger partial charge in [-0.25, -0.2) is 9.18 Å². The number of halogens is 1. The number of hydrogen-bond acceptors (Lipinski definition) is 4. The lowest BCUT2D eigenvalue weighted by Gasteiger charge is -2.07. The van der Waals surface area contributed by atoms with Gasteiger partial charge in [0.05, 0.1) is 24.8 Å². The van der Waals surface area contributed by atoms with Gasteiger partial charge in [0.15, 0.2) is 0 Å². The van der Waals surface area contributed by atoms with Gasteiger partial charge in [-0.1, -0.05) is 0 Å². The van der Waals surface area contributed by atoms with E-state index >= 15 is 0 Å². The van der Waals surface area contributed by atoms with Crippen molar-refractivity contribution in [3.05, 3.63) is 29.6 Å². The fourth-order valence-corrected chi connectivity index (χ4v) is 1.29. The Kier molecular flexibility index (Phi) is 4.53. The average Bonchev–Trinajstić information content (AvgIpc) is 2.30. The van der Waals surface area contributed by atoms with Crippen LogP contribution in [0, 0.1) is 5.82 Å². The van der Waals surface area contributed by atoms with Crippen LogP contribution in [0.4, 0.5) is 10.1 Å². The van der Waals surface area contributed by atoms with Crippen LogP contribution in [0.25, 0.3) is 0 Å². The molecule has 1 N–H and O–H groups in total. The minimum atomic E-state index is -0.695. The van der Waals surface area contributed by atoms with Crippen LogP contribution in [0.3, 0.4) is 0 Å². The highest BCUT2D eigenvalue weighted by Crippen LogP contribution is 2.17. The largest absolute Gasteiger partial charge is 0.465 e. The molecule has 0 aliphatic rings. The lowest BCUT2D eigenvalue weighted by atomic mass is 10.2. The Bertz CT molecular complexity index is 499. The molecule has 0 atom stereocenters.